The van der Waals surface area contributed by atoms with Crippen molar-refractivity contribution in [3.05, 3.63) is 65.2 Å². The fourth-order valence-electron chi connectivity index (χ4n) is 4.06. The molecule has 4 rings (SSSR count). The average molecular weight is 447 g/mol. The Labute approximate surface area is 190 Å². The molecule has 0 aliphatic heterocycles. The Morgan fingerprint density at radius 3 is 2.55 bits per heavy atom. The standard InChI is InChI=1S/C24H25N5O4/c1-33-19-5-3-2-4-18(19)24(32)27-13-14-6-8-15(9-7-14)21-20(23(26)31)22(25)29(28-21)16-10-11-17(30)12-16/h2-9,16H,10-13,25H2,1H3,(H2,26,31)(H,27,32). The first kappa shape index (κ1) is 22.1. The van der Waals surface area contributed by atoms with E-state index in [0.29, 0.717) is 48.4 Å². The second-order valence-corrected chi connectivity index (χ2v) is 7.93. The van der Waals surface area contributed by atoms with Crippen molar-refractivity contribution in [1.29, 1.82) is 0 Å². The van der Waals surface area contributed by atoms with Gasteiger partial charge in [-0.1, -0.05) is 36.4 Å². The molecule has 33 heavy (non-hydrogen) atoms. The smallest absolute Gasteiger partial charge is 0.255 e. The molecule has 1 aromatic heterocycles. The quantitative estimate of drug-likeness (QED) is 0.508. The van der Waals surface area contributed by atoms with Gasteiger partial charge in [-0.05, 0) is 24.1 Å². The minimum absolute atomic E-state index is 0.145. The highest BCUT2D eigenvalue weighted by atomic mass is 16.5. The van der Waals surface area contributed by atoms with E-state index >= 15 is 0 Å². The molecular formula is C24H25N5O4. The van der Waals surface area contributed by atoms with E-state index in [-0.39, 0.29) is 29.1 Å². The largest absolute Gasteiger partial charge is 0.496 e. The molecule has 1 heterocycles. The van der Waals surface area contributed by atoms with Crippen molar-refractivity contribution in [1.82, 2.24) is 15.1 Å². The summed E-state index contributed by atoms with van der Waals surface area (Å²) in [7, 11) is 1.52. The predicted octanol–water partition coefficient (Wildman–Crippen LogP) is 2.46. The third kappa shape index (κ3) is 4.43. The van der Waals surface area contributed by atoms with Gasteiger partial charge in [0.25, 0.3) is 11.8 Å². The van der Waals surface area contributed by atoms with E-state index < -0.39 is 5.91 Å². The number of anilines is 1. The molecule has 0 radical (unpaired) electrons. The van der Waals surface area contributed by atoms with E-state index in [0.717, 1.165) is 5.56 Å². The molecule has 2 aromatic carbocycles. The van der Waals surface area contributed by atoms with Gasteiger partial charge < -0.3 is 21.5 Å². The maximum Gasteiger partial charge on any atom is 0.255 e. The summed E-state index contributed by atoms with van der Waals surface area (Å²) in [5, 5.41) is 7.40. The number of hydrogen-bond acceptors (Lipinski definition) is 6. The Hall–Kier alpha value is -4.14. The van der Waals surface area contributed by atoms with Crippen LogP contribution in [0.25, 0.3) is 11.3 Å². The van der Waals surface area contributed by atoms with Crippen LogP contribution in [0, 0.1) is 0 Å². The number of rotatable bonds is 7. The minimum atomic E-state index is -0.675. The Morgan fingerprint density at radius 2 is 1.91 bits per heavy atom. The molecule has 1 saturated carbocycles. The van der Waals surface area contributed by atoms with Crippen LogP contribution < -0.4 is 21.5 Å². The number of ketones is 1. The first-order chi connectivity index (χ1) is 15.9. The summed E-state index contributed by atoms with van der Waals surface area (Å²) in [4.78, 5) is 36.3. The van der Waals surface area contributed by atoms with Crippen LogP contribution in [-0.4, -0.2) is 34.5 Å². The van der Waals surface area contributed by atoms with Crippen LogP contribution in [0.1, 0.15) is 51.6 Å². The second kappa shape index (κ2) is 9.15. The van der Waals surface area contributed by atoms with Crippen LogP contribution in [-0.2, 0) is 11.3 Å². The molecule has 1 atom stereocenters. The van der Waals surface area contributed by atoms with Crippen molar-refractivity contribution in [3.8, 4) is 17.0 Å². The van der Waals surface area contributed by atoms with Crippen molar-refractivity contribution in [2.45, 2.75) is 31.8 Å². The summed E-state index contributed by atoms with van der Waals surface area (Å²) in [6.45, 7) is 0.306. The monoisotopic (exact) mass is 447 g/mol. The number of amides is 2. The average Bonchev–Trinajstić information content (AvgIpc) is 3.40. The Bertz CT molecular complexity index is 1220. The Balaban J connectivity index is 1.53. The van der Waals surface area contributed by atoms with Crippen LogP contribution in [0.3, 0.4) is 0 Å². The van der Waals surface area contributed by atoms with E-state index in [9.17, 15) is 14.4 Å². The number of methoxy groups -OCH3 is 1. The van der Waals surface area contributed by atoms with Gasteiger partial charge in [-0.15, -0.1) is 0 Å². The number of para-hydroxylation sites is 1. The number of nitrogens with zero attached hydrogens (tertiary/aromatic N) is 2. The molecule has 1 unspecified atom stereocenters. The van der Waals surface area contributed by atoms with Gasteiger partial charge in [0.15, 0.2) is 0 Å². The molecule has 9 heteroatoms. The minimum Gasteiger partial charge on any atom is -0.496 e. The number of benzene rings is 2. The summed E-state index contributed by atoms with van der Waals surface area (Å²) in [5.74, 6) is -0.0974. The van der Waals surface area contributed by atoms with Gasteiger partial charge in [-0.2, -0.15) is 5.10 Å². The van der Waals surface area contributed by atoms with Gasteiger partial charge >= 0.3 is 0 Å². The maximum atomic E-state index is 12.5. The molecule has 5 N–H and O–H groups in total. The lowest BCUT2D eigenvalue weighted by Gasteiger charge is -2.10. The lowest BCUT2D eigenvalue weighted by Crippen LogP contribution is -2.23. The highest BCUT2D eigenvalue weighted by Gasteiger charge is 2.30. The maximum absolute atomic E-state index is 12.5. The molecule has 1 aliphatic carbocycles. The zero-order valence-electron chi connectivity index (χ0n) is 18.2. The fraction of sp³-hybridized carbons (Fsp3) is 0.250. The summed E-state index contributed by atoms with van der Waals surface area (Å²) >= 11 is 0. The predicted molar refractivity (Wildman–Crippen MR) is 123 cm³/mol. The number of primary amides is 1. The van der Waals surface area contributed by atoms with Crippen molar-refractivity contribution in [2.24, 2.45) is 5.73 Å². The number of nitrogen functional groups attached to an aromatic ring is 1. The number of ether oxygens (including phenoxy) is 1. The van der Waals surface area contributed by atoms with E-state index in [1.165, 1.54) is 7.11 Å². The van der Waals surface area contributed by atoms with Crippen molar-refractivity contribution < 1.29 is 19.1 Å². The third-order valence-electron chi connectivity index (χ3n) is 5.79. The van der Waals surface area contributed by atoms with E-state index in [4.69, 9.17) is 16.2 Å². The summed E-state index contributed by atoms with van der Waals surface area (Å²) in [5.41, 5.74) is 14.3. The number of hydrogen-bond donors (Lipinski definition) is 3. The van der Waals surface area contributed by atoms with Crippen LogP contribution in [0.15, 0.2) is 48.5 Å². The van der Waals surface area contributed by atoms with Gasteiger partial charge in [-0.25, -0.2) is 4.68 Å². The van der Waals surface area contributed by atoms with Gasteiger partial charge in [0.2, 0.25) is 0 Å². The normalized spacial score (nSPS) is 15.4. The zero-order chi connectivity index (χ0) is 23.5. The van der Waals surface area contributed by atoms with E-state index in [1.54, 1.807) is 41.1 Å². The van der Waals surface area contributed by atoms with Crippen molar-refractivity contribution in [3.63, 3.8) is 0 Å². The fourth-order valence-corrected chi connectivity index (χ4v) is 4.06. The first-order valence-electron chi connectivity index (χ1n) is 10.6. The SMILES string of the molecule is COc1ccccc1C(=O)NCc1ccc(-c2nn(C3CCC(=O)C3)c(N)c2C(N)=O)cc1. The Kier molecular flexibility index (Phi) is 6.12. The highest BCUT2D eigenvalue weighted by Crippen LogP contribution is 2.34. The topological polar surface area (TPSA) is 142 Å². The lowest BCUT2D eigenvalue weighted by molar-refractivity contribution is -0.117. The lowest BCUT2D eigenvalue weighted by atomic mass is 10.0. The summed E-state index contributed by atoms with van der Waals surface area (Å²) in [6.07, 6.45) is 1.45. The van der Waals surface area contributed by atoms with Crippen molar-refractivity contribution >= 4 is 23.4 Å². The molecule has 1 fully saturated rings. The van der Waals surface area contributed by atoms with Gasteiger partial charge in [0.1, 0.15) is 28.6 Å². The number of nitrogens with two attached hydrogens (primary N) is 2. The van der Waals surface area contributed by atoms with Gasteiger partial charge in [-0.3, -0.25) is 14.4 Å². The van der Waals surface area contributed by atoms with Crippen LogP contribution in [0.5, 0.6) is 5.75 Å². The Morgan fingerprint density at radius 1 is 1.18 bits per heavy atom. The number of nitrogens with one attached hydrogen (secondary N) is 1. The number of aromatic nitrogens is 2. The number of Topliss-reactive ketones (excluding diaryl/α,β-unsaturated/α-hetero) is 1. The van der Waals surface area contributed by atoms with E-state index in [2.05, 4.69) is 10.4 Å². The number of carbonyl (C=O) groups is 3. The molecule has 0 saturated heterocycles. The molecular weight excluding hydrogens is 422 g/mol. The second-order valence-electron chi connectivity index (χ2n) is 7.93. The van der Waals surface area contributed by atoms with Gasteiger partial charge in [0.05, 0.1) is 18.7 Å². The molecule has 3 aromatic rings. The highest BCUT2D eigenvalue weighted by molar-refractivity contribution is 6.03. The van der Waals surface area contributed by atoms with Gasteiger partial charge in [0, 0.05) is 24.9 Å². The molecule has 0 bridgehead atoms. The molecule has 1 aliphatic rings. The molecule has 2 amide bonds. The van der Waals surface area contributed by atoms with Crippen LogP contribution in [0.2, 0.25) is 0 Å². The third-order valence-corrected chi connectivity index (χ3v) is 5.79. The number of carbonyl (C=O) groups excluding carboxylic acids is 3. The van der Waals surface area contributed by atoms with Crippen molar-refractivity contribution in [2.75, 3.05) is 12.8 Å². The molecule has 170 valence electrons. The zero-order valence-corrected chi connectivity index (χ0v) is 18.2. The first-order valence-corrected chi connectivity index (χ1v) is 10.6. The van der Waals surface area contributed by atoms with E-state index in [1.807, 2.05) is 12.1 Å². The molecule has 9 nitrogen and oxygen atoms in total. The molecule has 0 spiro atoms. The summed E-state index contributed by atoms with van der Waals surface area (Å²) < 4.78 is 6.78. The van der Waals surface area contributed by atoms with Crippen LogP contribution in [0.4, 0.5) is 5.82 Å². The summed E-state index contributed by atoms with van der Waals surface area (Å²) in [6, 6.07) is 14.1. The van der Waals surface area contributed by atoms with Crippen LogP contribution >= 0.6 is 0 Å².